The summed E-state index contributed by atoms with van der Waals surface area (Å²) in [6, 6.07) is 14.9. The van der Waals surface area contributed by atoms with Crippen LogP contribution >= 0.6 is 11.8 Å². The van der Waals surface area contributed by atoms with Crippen molar-refractivity contribution in [2.24, 2.45) is 0 Å². The molecule has 1 heterocycles. The lowest BCUT2D eigenvalue weighted by atomic mass is 10.2. The first-order valence-corrected chi connectivity index (χ1v) is 9.55. The molecule has 0 bridgehead atoms. The van der Waals surface area contributed by atoms with Crippen LogP contribution in [0.3, 0.4) is 0 Å². The lowest BCUT2D eigenvalue weighted by Crippen LogP contribution is -2.22. The van der Waals surface area contributed by atoms with Gasteiger partial charge in [0, 0.05) is 0 Å². The molecule has 0 spiro atoms. The second kappa shape index (κ2) is 9.27. The lowest BCUT2D eigenvalue weighted by Gasteiger charge is -2.12. The van der Waals surface area contributed by atoms with Gasteiger partial charge in [-0.1, -0.05) is 36.0 Å². The number of aromatic nitrogens is 2. The van der Waals surface area contributed by atoms with Crippen LogP contribution in [-0.4, -0.2) is 28.5 Å². The SMILES string of the molecule is COc1ccccc1NC(=O)[C@H](C)Sc1nnc(COc2cccc(C)c2)o1. The number of anilines is 1. The highest BCUT2D eigenvalue weighted by molar-refractivity contribution is 8.00. The molecule has 0 saturated heterocycles. The zero-order valence-electron chi connectivity index (χ0n) is 15.8. The fourth-order valence-corrected chi connectivity index (χ4v) is 3.08. The van der Waals surface area contributed by atoms with Crippen LogP contribution in [-0.2, 0) is 11.4 Å². The van der Waals surface area contributed by atoms with Crippen molar-refractivity contribution in [2.45, 2.75) is 30.9 Å². The van der Waals surface area contributed by atoms with Crippen LogP contribution in [0.2, 0.25) is 0 Å². The first-order chi connectivity index (χ1) is 13.5. The summed E-state index contributed by atoms with van der Waals surface area (Å²) in [4.78, 5) is 12.4. The minimum Gasteiger partial charge on any atom is -0.495 e. The van der Waals surface area contributed by atoms with Gasteiger partial charge in [-0.15, -0.1) is 10.2 Å². The number of ether oxygens (including phenoxy) is 2. The van der Waals surface area contributed by atoms with Gasteiger partial charge in [0.2, 0.25) is 5.91 Å². The molecule has 0 fully saturated rings. The molecule has 0 aliphatic carbocycles. The summed E-state index contributed by atoms with van der Waals surface area (Å²) in [7, 11) is 1.56. The Morgan fingerprint density at radius 1 is 1.21 bits per heavy atom. The summed E-state index contributed by atoms with van der Waals surface area (Å²) in [6.07, 6.45) is 0. The van der Waals surface area contributed by atoms with E-state index in [0.717, 1.165) is 11.3 Å². The average molecular weight is 399 g/mol. The van der Waals surface area contributed by atoms with E-state index in [1.54, 1.807) is 26.2 Å². The molecule has 1 atom stereocenters. The molecule has 0 radical (unpaired) electrons. The number of thioether (sulfide) groups is 1. The van der Waals surface area contributed by atoms with E-state index < -0.39 is 5.25 Å². The van der Waals surface area contributed by atoms with E-state index in [1.807, 2.05) is 43.3 Å². The number of carbonyl (C=O) groups is 1. The molecular weight excluding hydrogens is 378 g/mol. The Kier molecular flexibility index (Phi) is 6.54. The molecule has 0 saturated carbocycles. The minimum absolute atomic E-state index is 0.165. The first-order valence-electron chi connectivity index (χ1n) is 8.67. The molecule has 3 rings (SSSR count). The number of para-hydroxylation sites is 2. The van der Waals surface area contributed by atoms with Crippen molar-refractivity contribution in [3.8, 4) is 11.5 Å². The van der Waals surface area contributed by atoms with Crippen molar-refractivity contribution in [2.75, 3.05) is 12.4 Å². The summed E-state index contributed by atoms with van der Waals surface area (Å²) >= 11 is 1.18. The molecule has 3 aromatic rings. The van der Waals surface area contributed by atoms with Crippen molar-refractivity contribution in [3.05, 3.63) is 60.0 Å². The van der Waals surface area contributed by atoms with E-state index in [4.69, 9.17) is 13.9 Å². The smallest absolute Gasteiger partial charge is 0.277 e. The third-order valence-corrected chi connectivity index (χ3v) is 4.75. The summed E-state index contributed by atoms with van der Waals surface area (Å²) in [5.41, 5.74) is 1.72. The third kappa shape index (κ3) is 5.26. The normalized spacial score (nSPS) is 11.7. The molecule has 7 nitrogen and oxygen atoms in total. The van der Waals surface area contributed by atoms with Crippen molar-refractivity contribution in [3.63, 3.8) is 0 Å². The van der Waals surface area contributed by atoms with Gasteiger partial charge >= 0.3 is 0 Å². The molecule has 2 aromatic carbocycles. The first kappa shape index (κ1) is 19.8. The molecular formula is C20H21N3O4S. The Bertz CT molecular complexity index is 944. The van der Waals surface area contributed by atoms with Gasteiger partial charge in [-0.2, -0.15) is 0 Å². The van der Waals surface area contributed by atoms with E-state index in [9.17, 15) is 4.79 Å². The quantitative estimate of drug-likeness (QED) is 0.571. The van der Waals surface area contributed by atoms with Crippen molar-refractivity contribution in [1.82, 2.24) is 10.2 Å². The molecule has 0 aliphatic rings. The lowest BCUT2D eigenvalue weighted by molar-refractivity contribution is -0.115. The summed E-state index contributed by atoms with van der Waals surface area (Å²) < 4.78 is 16.4. The molecule has 8 heteroatoms. The number of aryl methyl sites for hydroxylation is 1. The third-order valence-electron chi connectivity index (χ3n) is 3.81. The zero-order valence-corrected chi connectivity index (χ0v) is 16.7. The highest BCUT2D eigenvalue weighted by Gasteiger charge is 2.19. The maximum atomic E-state index is 12.4. The predicted octanol–water partition coefficient (Wildman–Crippen LogP) is 4.08. The van der Waals surface area contributed by atoms with Crippen LogP contribution in [0.4, 0.5) is 5.69 Å². The number of benzene rings is 2. The minimum atomic E-state index is -0.434. The van der Waals surface area contributed by atoms with Gasteiger partial charge in [0.15, 0.2) is 6.61 Å². The highest BCUT2D eigenvalue weighted by Crippen LogP contribution is 2.27. The number of hydrogen-bond donors (Lipinski definition) is 1. The van der Waals surface area contributed by atoms with Gasteiger partial charge in [-0.25, -0.2) is 0 Å². The van der Waals surface area contributed by atoms with Gasteiger partial charge in [0.25, 0.3) is 11.1 Å². The van der Waals surface area contributed by atoms with Crippen LogP contribution < -0.4 is 14.8 Å². The van der Waals surface area contributed by atoms with E-state index in [1.165, 1.54) is 11.8 Å². The summed E-state index contributed by atoms with van der Waals surface area (Å²) in [6.45, 7) is 3.92. The highest BCUT2D eigenvalue weighted by atomic mass is 32.2. The fourth-order valence-electron chi connectivity index (χ4n) is 2.38. The molecule has 28 heavy (non-hydrogen) atoms. The predicted molar refractivity (Wildman–Crippen MR) is 107 cm³/mol. The van der Waals surface area contributed by atoms with Gasteiger partial charge in [0.05, 0.1) is 18.0 Å². The number of rotatable bonds is 8. The topological polar surface area (TPSA) is 86.5 Å². The van der Waals surface area contributed by atoms with Crippen molar-refractivity contribution < 1.29 is 18.7 Å². The number of nitrogens with zero attached hydrogens (tertiary/aromatic N) is 2. The van der Waals surface area contributed by atoms with Crippen molar-refractivity contribution >= 4 is 23.4 Å². The number of nitrogens with one attached hydrogen (secondary N) is 1. The van der Waals surface area contributed by atoms with E-state index >= 15 is 0 Å². The molecule has 146 valence electrons. The largest absolute Gasteiger partial charge is 0.495 e. The number of carbonyl (C=O) groups excluding carboxylic acids is 1. The Labute approximate surface area is 167 Å². The van der Waals surface area contributed by atoms with Crippen LogP contribution in [0.15, 0.2) is 58.2 Å². The van der Waals surface area contributed by atoms with E-state index in [-0.39, 0.29) is 12.5 Å². The van der Waals surface area contributed by atoms with Crippen LogP contribution in [0.1, 0.15) is 18.4 Å². The Morgan fingerprint density at radius 3 is 2.82 bits per heavy atom. The van der Waals surface area contributed by atoms with Gasteiger partial charge in [-0.3, -0.25) is 4.79 Å². The second-order valence-corrected chi connectivity index (χ2v) is 7.31. The number of methoxy groups -OCH3 is 1. The standard InChI is InChI=1S/C20H21N3O4S/c1-13-7-6-8-15(11-13)26-12-18-22-23-20(27-18)28-14(2)19(24)21-16-9-4-5-10-17(16)25-3/h4-11,14H,12H2,1-3H3,(H,21,24)/t14-/m0/s1. The molecule has 1 N–H and O–H groups in total. The summed E-state index contributed by atoms with van der Waals surface area (Å²) in [5, 5.41) is 10.7. The van der Waals surface area contributed by atoms with Crippen LogP contribution in [0.5, 0.6) is 11.5 Å². The fraction of sp³-hybridized carbons (Fsp3) is 0.250. The van der Waals surface area contributed by atoms with Crippen molar-refractivity contribution in [1.29, 1.82) is 0 Å². The molecule has 1 aromatic heterocycles. The second-order valence-electron chi connectivity index (χ2n) is 6.02. The molecule has 0 unspecified atom stereocenters. The zero-order chi connectivity index (χ0) is 19.9. The Hall–Kier alpha value is -3.00. The Balaban J connectivity index is 1.54. The number of hydrogen-bond acceptors (Lipinski definition) is 7. The Morgan fingerprint density at radius 2 is 2.04 bits per heavy atom. The maximum Gasteiger partial charge on any atom is 0.277 e. The molecule has 0 aliphatic heterocycles. The average Bonchev–Trinajstić information content (AvgIpc) is 3.14. The van der Waals surface area contributed by atoms with Gasteiger partial charge < -0.3 is 19.2 Å². The van der Waals surface area contributed by atoms with Crippen LogP contribution in [0, 0.1) is 6.92 Å². The van der Waals surface area contributed by atoms with E-state index in [2.05, 4.69) is 15.5 Å². The summed E-state index contributed by atoms with van der Waals surface area (Å²) in [5.74, 6) is 1.49. The monoisotopic (exact) mass is 399 g/mol. The van der Waals surface area contributed by atoms with Crippen LogP contribution in [0.25, 0.3) is 0 Å². The maximum absolute atomic E-state index is 12.4. The van der Waals surface area contributed by atoms with Gasteiger partial charge in [0.1, 0.15) is 11.5 Å². The van der Waals surface area contributed by atoms with Gasteiger partial charge in [-0.05, 0) is 43.7 Å². The molecule has 1 amide bonds. The van der Waals surface area contributed by atoms with E-state index in [0.29, 0.717) is 22.6 Å². The number of amides is 1.